The molecular weight excluding hydrogens is 515 g/mol. The number of pyridine rings is 2. The minimum Gasteiger partial charge on any atom is -0.444 e. The Balaban J connectivity index is 1.36. The summed E-state index contributed by atoms with van der Waals surface area (Å²) in [5.41, 5.74) is 0.0644. The van der Waals surface area contributed by atoms with Crippen molar-refractivity contribution in [2.45, 2.75) is 39.2 Å². The number of amides is 1. The molecule has 5 heterocycles. The zero-order valence-corrected chi connectivity index (χ0v) is 21.7. The van der Waals surface area contributed by atoms with Gasteiger partial charge in [-0.3, -0.25) is 4.98 Å². The first-order valence-electron chi connectivity index (χ1n) is 12.4. The SMILES string of the molecule is CC(C)(C)OC(=O)N1CC2(CCN(c3cc(Nc4cc(OC(F)(F)F)ccn4)nc(-c4cccnc4)n3)C2)C1. The fourth-order valence-corrected chi connectivity index (χ4v) is 4.70. The van der Waals surface area contributed by atoms with E-state index in [9.17, 15) is 18.0 Å². The van der Waals surface area contributed by atoms with E-state index in [0.29, 0.717) is 42.7 Å². The second-order valence-corrected chi connectivity index (χ2v) is 10.7. The van der Waals surface area contributed by atoms with Crippen LogP contribution in [-0.4, -0.2) is 69.1 Å². The Hall–Kier alpha value is -4.16. The molecule has 39 heavy (non-hydrogen) atoms. The highest BCUT2D eigenvalue weighted by Gasteiger charge is 2.50. The molecule has 0 atom stereocenters. The lowest BCUT2D eigenvalue weighted by molar-refractivity contribution is -0.274. The van der Waals surface area contributed by atoms with Gasteiger partial charge in [0.1, 0.15) is 28.8 Å². The number of hydrogen-bond acceptors (Lipinski definition) is 9. The van der Waals surface area contributed by atoms with Crippen LogP contribution in [0.1, 0.15) is 27.2 Å². The number of aromatic nitrogens is 4. The summed E-state index contributed by atoms with van der Waals surface area (Å²) in [6, 6.07) is 7.57. The number of carbonyl (C=O) groups excluding carboxylic acids is 1. The van der Waals surface area contributed by atoms with Gasteiger partial charge in [-0.1, -0.05) is 0 Å². The molecule has 13 heteroatoms. The van der Waals surface area contributed by atoms with Gasteiger partial charge in [0.25, 0.3) is 0 Å². The number of hydrogen-bond donors (Lipinski definition) is 1. The van der Waals surface area contributed by atoms with Gasteiger partial charge in [0.05, 0.1) is 0 Å². The highest BCUT2D eigenvalue weighted by Crippen LogP contribution is 2.42. The van der Waals surface area contributed by atoms with Gasteiger partial charge in [0.15, 0.2) is 5.82 Å². The van der Waals surface area contributed by atoms with Gasteiger partial charge in [-0.05, 0) is 45.4 Å². The molecule has 1 amide bonds. The number of likely N-dealkylation sites (tertiary alicyclic amines) is 1. The van der Waals surface area contributed by atoms with Crippen LogP contribution in [0.2, 0.25) is 0 Å². The second-order valence-electron chi connectivity index (χ2n) is 10.7. The molecule has 1 spiro atoms. The zero-order valence-electron chi connectivity index (χ0n) is 21.7. The number of halogens is 3. The Morgan fingerprint density at radius 2 is 1.85 bits per heavy atom. The normalized spacial score (nSPS) is 16.7. The van der Waals surface area contributed by atoms with E-state index in [1.165, 1.54) is 6.20 Å². The first-order chi connectivity index (χ1) is 18.4. The van der Waals surface area contributed by atoms with Gasteiger partial charge in [-0.25, -0.2) is 19.7 Å². The molecule has 0 bridgehead atoms. The van der Waals surface area contributed by atoms with E-state index in [1.54, 1.807) is 29.4 Å². The minimum atomic E-state index is -4.82. The number of nitrogens with one attached hydrogen (secondary N) is 1. The number of carbonyl (C=O) groups is 1. The minimum absolute atomic E-state index is 0.0608. The molecule has 2 fully saturated rings. The van der Waals surface area contributed by atoms with Crippen LogP contribution in [0.3, 0.4) is 0 Å². The van der Waals surface area contributed by atoms with Crippen molar-refractivity contribution in [1.29, 1.82) is 0 Å². The number of anilines is 3. The molecule has 0 saturated carbocycles. The number of rotatable bonds is 5. The molecule has 0 radical (unpaired) electrons. The Kier molecular flexibility index (Phi) is 6.69. The first-order valence-corrected chi connectivity index (χ1v) is 12.4. The summed E-state index contributed by atoms with van der Waals surface area (Å²) in [5, 5.41) is 2.97. The molecule has 3 aromatic rings. The fraction of sp³-hybridized carbons (Fsp3) is 0.423. The quantitative estimate of drug-likeness (QED) is 0.475. The van der Waals surface area contributed by atoms with Gasteiger partial charge in [0, 0.05) is 67.9 Å². The molecule has 2 aliphatic heterocycles. The van der Waals surface area contributed by atoms with Crippen molar-refractivity contribution in [1.82, 2.24) is 24.8 Å². The Morgan fingerprint density at radius 1 is 1.05 bits per heavy atom. The summed E-state index contributed by atoms with van der Waals surface area (Å²) in [6.45, 7) is 8.12. The van der Waals surface area contributed by atoms with Crippen molar-refractivity contribution in [3.05, 3.63) is 48.9 Å². The monoisotopic (exact) mass is 543 g/mol. The van der Waals surface area contributed by atoms with Gasteiger partial charge >= 0.3 is 12.5 Å². The third-order valence-corrected chi connectivity index (χ3v) is 6.32. The molecule has 1 N–H and O–H groups in total. The maximum Gasteiger partial charge on any atom is 0.573 e. The summed E-state index contributed by atoms with van der Waals surface area (Å²) in [7, 11) is 0. The van der Waals surface area contributed by atoms with Crippen molar-refractivity contribution >= 4 is 23.5 Å². The maximum atomic E-state index is 12.7. The van der Waals surface area contributed by atoms with Crippen molar-refractivity contribution in [2.75, 3.05) is 36.4 Å². The molecule has 0 unspecified atom stereocenters. The smallest absolute Gasteiger partial charge is 0.444 e. The Labute approximate surface area is 223 Å². The van der Waals surface area contributed by atoms with Crippen molar-refractivity contribution in [3.63, 3.8) is 0 Å². The summed E-state index contributed by atoms with van der Waals surface area (Å²) >= 11 is 0. The third kappa shape index (κ3) is 6.47. The highest BCUT2D eigenvalue weighted by atomic mass is 19.4. The molecular formula is C26H28F3N7O3. The maximum absolute atomic E-state index is 12.7. The Morgan fingerprint density at radius 3 is 2.54 bits per heavy atom. The Bertz CT molecular complexity index is 1340. The topological polar surface area (TPSA) is 106 Å². The number of nitrogens with zero attached hydrogens (tertiary/aromatic N) is 6. The van der Waals surface area contributed by atoms with Crippen LogP contribution in [-0.2, 0) is 4.74 Å². The molecule has 5 rings (SSSR count). The van der Waals surface area contributed by atoms with E-state index in [1.807, 2.05) is 26.8 Å². The average molecular weight is 544 g/mol. The van der Waals surface area contributed by atoms with Crippen molar-refractivity contribution in [3.8, 4) is 17.1 Å². The van der Waals surface area contributed by atoms with E-state index < -0.39 is 17.7 Å². The summed E-state index contributed by atoms with van der Waals surface area (Å²) in [5.74, 6) is 1.11. The third-order valence-electron chi connectivity index (χ3n) is 6.32. The van der Waals surface area contributed by atoms with E-state index >= 15 is 0 Å². The molecule has 2 aliphatic rings. The molecule has 10 nitrogen and oxygen atoms in total. The van der Waals surface area contributed by atoms with Crippen LogP contribution in [0.5, 0.6) is 5.75 Å². The highest BCUT2D eigenvalue weighted by molar-refractivity contribution is 5.70. The van der Waals surface area contributed by atoms with Crippen LogP contribution >= 0.6 is 0 Å². The second kappa shape index (κ2) is 9.86. The molecule has 0 aliphatic carbocycles. The summed E-state index contributed by atoms with van der Waals surface area (Å²) < 4.78 is 47.5. The van der Waals surface area contributed by atoms with Crippen LogP contribution in [0.4, 0.5) is 35.4 Å². The fourth-order valence-electron chi connectivity index (χ4n) is 4.70. The van der Waals surface area contributed by atoms with Crippen molar-refractivity contribution in [2.24, 2.45) is 5.41 Å². The first kappa shape index (κ1) is 26.4. The molecule has 0 aromatic carbocycles. The van der Waals surface area contributed by atoms with Gasteiger partial charge < -0.3 is 24.6 Å². The number of alkyl halides is 3. The van der Waals surface area contributed by atoms with E-state index in [4.69, 9.17) is 9.72 Å². The summed E-state index contributed by atoms with van der Waals surface area (Å²) in [4.78, 5) is 33.8. The molecule has 206 valence electrons. The largest absolute Gasteiger partial charge is 0.573 e. The lowest BCUT2D eigenvalue weighted by atomic mass is 9.79. The lowest BCUT2D eigenvalue weighted by Crippen LogP contribution is -2.60. The summed E-state index contributed by atoms with van der Waals surface area (Å²) in [6.07, 6.45) is 0.225. The van der Waals surface area contributed by atoms with E-state index in [2.05, 4.69) is 29.9 Å². The molecule has 2 saturated heterocycles. The van der Waals surface area contributed by atoms with E-state index in [-0.39, 0.29) is 17.3 Å². The van der Waals surface area contributed by atoms with Gasteiger partial charge in [0.2, 0.25) is 0 Å². The molecule has 3 aromatic heterocycles. The predicted octanol–water partition coefficient (Wildman–Crippen LogP) is 5.02. The predicted molar refractivity (Wildman–Crippen MR) is 137 cm³/mol. The average Bonchev–Trinajstić information content (AvgIpc) is 3.28. The van der Waals surface area contributed by atoms with Gasteiger partial charge in [-0.15, -0.1) is 13.2 Å². The standard InChI is InChI=1S/C26H28F3N7O3/c1-24(2,3)39-23(37)36-15-25(16-36)7-10-35(14-25)21-12-20(33-22(34-21)17-5-4-8-30-13-17)32-19-11-18(6-9-31-19)38-26(27,28)29/h4-6,8-9,11-13H,7,10,14-16H2,1-3H3,(H,31,32,33,34). The van der Waals surface area contributed by atoms with Crippen molar-refractivity contribution < 1.29 is 27.4 Å². The van der Waals surface area contributed by atoms with Crippen LogP contribution < -0.4 is 15.0 Å². The van der Waals surface area contributed by atoms with Crippen LogP contribution in [0.15, 0.2) is 48.9 Å². The van der Waals surface area contributed by atoms with E-state index in [0.717, 1.165) is 25.1 Å². The zero-order chi connectivity index (χ0) is 27.8. The van der Waals surface area contributed by atoms with Gasteiger partial charge in [-0.2, -0.15) is 0 Å². The van der Waals surface area contributed by atoms with Crippen LogP contribution in [0, 0.1) is 5.41 Å². The lowest BCUT2D eigenvalue weighted by Gasteiger charge is -2.47. The van der Waals surface area contributed by atoms with Crippen LogP contribution in [0.25, 0.3) is 11.4 Å². The number of ether oxygens (including phenoxy) is 2.